The number of amides is 1. The Balaban J connectivity index is 1.92. The zero-order chi connectivity index (χ0) is 16.1. The number of anilines is 1. The molecule has 0 bridgehead atoms. The number of carbonyl (C=O) groups is 2. The fourth-order valence-electron chi connectivity index (χ4n) is 1.59. The molecule has 22 heavy (non-hydrogen) atoms. The molecule has 0 saturated heterocycles. The Morgan fingerprint density at radius 3 is 2.50 bits per heavy atom. The highest BCUT2D eigenvalue weighted by Crippen LogP contribution is 2.22. The van der Waals surface area contributed by atoms with E-state index in [1.807, 2.05) is 0 Å². The number of ether oxygens (including phenoxy) is 1. The van der Waals surface area contributed by atoms with Crippen LogP contribution in [-0.2, 0) is 9.53 Å². The highest BCUT2D eigenvalue weighted by molar-refractivity contribution is 6.42. The number of carbonyl (C=O) groups excluding carboxylic acids is 2. The zero-order valence-corrected chi connectivity index (χ0v) is 12.6. The van der Waals surface area contributed by atoms with E-state index in [1.165, 1.54) is 36.4 Å². The van der Waals surface area contributed by atoms with Crippen molar-refractivity contribution in [3.63, 3.8) is 0 Å². The highest BCUT2D eigenvalue weighted by Gasteiger charge is 2.13. The Bertz CT molecular complexity index is 722. The van der Waals surface area contributed by atoms with Crippen LogP contribution in [0.5, 0.6) is 0 Å². The van der Waals surface area contributed by atoms with E-state index in [4.69, 9.17) is 27.9 Å². The third kappa shape index (κ3) is 4.19. The summed E-state index contributed by atoms with van der Waals surface area (Å²) in [5, 5.41) is 2.80. The molecule has 0 aromatic heterocycles. The van der Waals surface area contributed by atoms with Crippen LogP contribution in [-0.4, -0.2) is 18.5 Å². The molecule has 0 saturated carbocycles. The van der Waals surface area contributed by atoms with Crippen LogP contribution in [0, 0.1) is 5.82 Å². The van der Waals surface area contributed by atoms with Crippen LogP contribution in [0.3, 0.4) is 0 Å². The van der Waals surface area contributed by atoms with Crippen LogP contribution in [0.4, 0.5) is 10.1 Å². The predicted molar refractivity (Wildman–Crippen MR) is 81.8 cm³/mol. The molecule has 1 amide bonds. The lowest BCUT2D eigenvalue weighted by Gasteiger charge is -2.07. The minimum Gasteiger partial charge on any atom is -0.452 e. The largest absolute Gasteiger partial charge is 0.452 e. The third-order valence-electron chi connectivity index (χ3n) is 2.64. The van der Waals surface area contributed by atoms with E-state index in [-0.39, 0.29) is 16.3 Å². The first kappa shape index (κ1) is 16.3. The van der Waals surface area contributed by atoms with E-state index in [0.29, 0.717) is 5.02 Å². The molecule has 0 atom stereocenters. The van der Waals surface area contributed by atoms with Gasteiger partial charge < -0.3 is 10.1 Å². The molecule has 0 aliphatic rings. The standard InChI is InChI=1S/C15H10Cl2FNO3/c16-10-6-5-9(7-11(10)17)15(21)22-8-14(20)19-13-4-2-1-3-12(13)18/h1-7H,8H2,(H,19,20). The number of nitrogens with one attached hydrogen (secondary N) is 1. The van der Waals surface area contributed by atoms with Crippen molar-refractivity contribution in [2.24, 2.45) is 0 Å². The van der Waals surface area contributed by atoms with E-state index < -0.39 is 24.3 Å². The normalized spacial score (nSPS) is 10.1. The van der Waals surface area contributed by atoms with Crippen LogP contribution in [0.25, 0.3) is 0 Å². The first-order chi connectivity index (χ1) is 10.5. The summed E-state index contributed by atoms with van der Waals surface area (Å²) >= 11 is 11.5. The van der Waals surface area contributed by atoms with Crippen molar-refractivity contribution in [3.05, 3.63) is 63.9 Å². The first-order valence-electron chi connectivity index (χ1n) is 6.14. The monoisotopic (exact) mass is 341 g/mol. The van der Waals surface area contributed by atoms with Crippen LogP contribution < -0.4 is 5.32 Å². The maximum absolute atomic E-state index is 13.3. The molecule has 4 nitrogen and oxygen atoms in total. The number of hydrogen-bond acceptors (Lipinski definition) is 3. The maximum atomic E-state index is 13.3. The van der Waals surface area contributed by atoms with E-state index >= 15 is 0 Å². The Morgan fingerprint density at radius 2 is 1.82 bits per heavy atom. The van der Waals surface area contributed by atoms with Gasteiger partial charge >= 0.3 is 5.97 Å². The molecule has 0 fully saturated rings. The summed E-state index contributed by atoms with van der Waals surface area (Å²) in [5.41, 5.74) is 0.172. The molecule has 0 heterocycles. The summed E-state index contributed by atoms with van der Waals surface area (Å²) in [6, 6.07) is 9.87. The van der Waals surface area contributed by atoms with Gasteiger partial charge in [0.2, 0.25) is 0 Å². The lowest BCUT2D eigenvalue weighted by atomic mass is 10.2. The molecule has 2 rings (SSSR count). The van der Waals surface area contributed by atoms with Gasteiger partial charge in [0, 0.05) is 0 Å². The molecule has 2 aromatic rings. The zero-order valence-electron chi connectivity index (χ0n) is 11.1. The van der Waals surface area contributed by atoms with E-state index in [0.717, 1.165) is 0 Å². The summed E-state index contributed by atoms with van der Waals surface area (Å²) in [5.74, 6) is -1.97. The number of esters is 1. The predicted octanol–water partition coefficient (Wildman–Crippen LogP) is 3.93. The van der Waals surface area contributed by atoms with Gasteiger partial charge in [0.1, 0.15) is 5.82 Å². The van der Waals surface area contributed by atoms with E-state index in [2.05, 4.69) is 5.32 Å². The number of para-hydroxylation sites is 1. The average molecular weight is 342 g/mol. The maximum Gasteiger partial charge on any atom is 0.338 e. The SMILES string of the molecule is O=C(COC(=O)c1ccc(Cl)c(Cl)c1)Nc1ccccc1F. The smallest absolute Gasteiger partial charge is 0.338 e. The molecule has 7 heteroatoms. The topological polar surface area (TPSA) is 55.4 Å². The van der Waals surface area contributed by atoms with Crippen molar-refractivity contribution in [3.8, 4) is 0 Å². The molecule has 2 aromatic carbocycles. The van der Waals surface area contributed by atoms with Crippen molar-refractivity contribution in [2.45, 2.75) is 0 Å². The fraction of sp³-hybridized carbons (Fsp3) is 0.0667. The Labute approximate surface area is 135 Å². The second kappa shape index (κ2) is 7.24. The molecular weight excluding hydrogens is 332 g/mol. The van der Waals surface area contributed by atoms with Crippen molar-refractivity contribution in [1.29, 1.82) is 0 Å². The second-order valence-electron chi connectivity index (χ2n) is 4.23. The van der Waals surface area contributed by atoms with Gasteiger partial charge in [-0.25, -0.2) is 9.18 Å². The van der Waals surface area contributed by atoms with Crippen molar-refractivity contribution in [2.75, 3.05) is 11.9 Å². The Morgan fingerprint density at radius 1 is 1.09 bits per heavy atom. The molecule has 114 valence electrons. The van der Waals surface area contributed by atoms with Crippen molar-refractivity contribution >= 4 is 40.8 Å². The quantitative estimate of drug-likeness (QED) is 0.857. The Kier molecular flexibility index (Phi) is 5.35. The summed E-state index contributed by atoms with van der Waals surface area (Å²) in [4.78, 5) is 23.4. The third-order valence-corrected chi connectivity index (χ3v) is 3.38. The minimum atomic E-state index is -0.734. The fourth-order valence-corrected chi connectivity index (χ4v) is 1.88. The average Bonchev–Trinajstić information content (AvgIpc) is 2.50. The Hall–Kier alpha value is -2.11. The summed E-state index contributed by atoms with van der Waals surface area (Å²) in [6.07, 6.45) is 0. The number of benzene rings is 2. The lowest BCUT2D eigenvalue weighted by Crippen LogP contribution is -2.21. The van der Waals surface area contributed by atoms with Crippen LogP contribution in [0.15, 0.2) is 42.5 Å². The number of hydrogen-bond donors (Lipinski definition) is 1. The van der Waals surface area contributed by atoms with Crippen molar-refractivity contribution in [1.82, 2.24) is 0 Å². The van der Waals surface area contributed by atoms with Crippen LogP contribution in [0.1, 0.15) is 10.4 Å². The van der Waals surface area contributed by atoms with Gasteiger partial charge in [0.05, 0.1) is 21.3 Å². The second-order valence-corrected chi connectivity index (χ2v) is 5.05. The molecule has 0 radical (unpaired) electrons. The minimum absolute atomic E-state index is 0.0121. The van der Waals surface area contributed by atoms with Crippen molar-refractivity contribution < 1.29 is 18.7 Å². The molecule has 0 aliphatic heterocycles. The molecule has 1 N–H and O–H groups in total. The van der Waals surface area contributed by atoms with Gasteiger partial charge in [0.25, 0.3) is 5.91 Å². The summed E-state index contributed by atoms with van der Waals surface area (Å²) in [7, 11) is 0. The van der Waals surface area contributed by atoms with E-state index in [1.54, 1.807) is 6.07 Å². The van der Waals surface area contributed by atoms with Gasteiger partial charge in [-0.15, -0.1) is 0 Å². The molecule has 0 unspecified atom stereocenters. The van der Waals surface area contributed by atoms with Gasteiger partial charge in [-0.05, 0) is 30.3 Å². The molecular formula is C15H10Cl2FNO3. The van der Waals surface area contributed by atoms with E-state index in [9.17, 15) is 14.0 Å². The summed E-state index contributed by atoms with van der Waals surface area (Å²) in [6.45, 7) is -0.548. The molecule has 0 aliphatic carbocycles. The summed E-state index contributed by atoms with van der Waals surface area (Å²) < 4.78 is 18.2. The first-order valence-corrected chi connectivity index (χ1v) is 6.89. The van der Waals surface area contributed by atoms with Crippen LogP contribution >= 0.6 is 23.2 Å². The molecule has 0 spiro atoms. The lowest BCUT2D eigenvalue weighted by molar-refractivity contribution is -0.119. The van der Waals surface area contributed by atoms with Gasteiger partial charge in [-0.2, -0.15) is 0 Å². The number of halogens is 3. The van der Waals surface area contributed by atoms with Gasteiger partial charge in [-0.3, -0.25) is 4.79 Å². The highest BCUT2D eigenvalue weighted by atomic mass is 35.5. The van der Waals surface area contributed by atoms with Gasteiger partial charge in [0.15, 0.2) is 6.61 Å². The van der Waals surface area contributed by atoms with Crippen LogP contribution in [0.2, 0.25) is 10.0 Å². The van der Waals surface area contributed by atoms with Gasteiger partial charge in [-0.1, -0.05) is 35.3 Å². The number of rotatable bonds is 4.